The highest BCUT2D eigenvalue weighted by Gasteiger charge is 2.21. The Morgan fingerprint density at radius 3 is 1.96 bits per heavy atom. The third-order valence-corrected chi connectivity index (χ3v) is 4.59. The number of rotatable bonds is 4. The van der Waals surface area contributed by atoms with Crippen LogP contribution in [-0.4, -0.2) is 31.3 Å². The number of hydrogen-bond acceptors (Lipinski definition) is 5. The van der Waals surface area contributed by atoms with E-state index < -0.39 is 0 Å². The molecule has 1 aromatic carbocycles. The standard InChI is InChI=1S/C18H16Cl2N2O3.C2H6/c1-9-5-11-10(8-21-9)6-12(22-18(11)25-4)15-16(19)13(23-2)7-14(24-3)17(15)20;1-2/h5-8H,1-4H3;1-2H3. The lowest BCUT2D eigenvalue weighted by molar-refractivity contribution is 0.394. The van der Waals surface area contributed by atoms with Crippen LogP contribution in [0.2, 0.25) is 10.0 Å². The molecular formula is C20H22Cl2N2O3. The van der Waals surface area contributed by atoms with Crippen LogP contribution in [0.15, 0.2) is 24.4 Å². The fraction of sp³-hybridized carbons (Fsp3) is 0.300. The van der Waals surface area contributed by atoms with Crippen molar-refractivity contribution in [3.63, 3.8) is 0 Å². The summed E-state index contributed by atoms with van der Waals surface area (Å²) in [6.45, 7) is 5.91. The summed E-state index contributed by atoms with van der Waals surface area (Å²) in [5.74, 6) is 1.36. The van der Waals surface area contributed by atoms with E-state index in [1.165, 1.54) is 14.2 Å². The van der Waals surface area contributed by atoms with E-state index in [1.54, 1.807) is 19.4 Å². The maximum absolute atomic E-state index is 6.49. The highest BCUT2D eigenvalue weighted by atomic mass is 35.5. The monoisotopic (exact) mass is 408 g/mol. The van der Waals surface area contributed by atoms with Gasteiger partial charge in [0.15, 0.2) is 0 Å². The molecule has 0 aliphatic heterocycles. The minimum atomic E-state index is 0.349. The summed E-state index contributed by atoms with van der Waals surface area (Å²) in [7, 11) is 4.62. The molecule has 0 aliphatic rings. The van der Waals surface area contributed by atoms with Crippen LogP contribution in [0.1, 0.15) is 19.5 Å². The molecular weight excluding hydrogens is 387 g/mol. The minimum absolute atomic E-state index is 0.349. The molecule has 2 aromatic heterocycles. The molecule has 0 unspecified atom stereocenters. The van der Waals surface area contributed by atoms with E-state index in [-0.39, 0.29) is 0 Å². The van der Waals surface area contributed by atoms with Crippen LogP contribution in [0.5, 0.6) is 17.4 Å². The van der Waals surface area contributed by atoms with Gasteiger partial charge in [-0.3, -0.25) is 4.98 Å². The summed E-state index contributed by atoms with van der Waals surface area (Å²) in [5.41, 5.74) is 1.93. The largest absolute Gasteiger partial charge is 0.495 e. The van der Waals surface area contributed by atoms with Crippen LogP contribution in [0.3, 0.4) is 0 Å². The van der Waals surface area contributed by atoms with Crippen molar-refractivity contribution in [1.82, 2.24) is 9.97 Å². The lowest BCUT2D eigenvalue weighted by Crippen LogP contribution is -1.97. The third kappa shape index (κ3) is 4.04. The average Bonchev–Trinajstić information content (AvgIpc) is 2.69. The molecule has 3 rings (SSSR count). The van der Waals surface area contributed by atoms with Gasteiger partial charge in [-0.15, -0.1) is 0 Å². The molecule has 0 saturated carbocycles. The van der Waals surface area contributed by atoms with Gasteiger partial charge >= 0.3 is 0 Å². The minimum Gasteiger partial charge on any atom is -0.495 e. The van der Waals surface area contributed by atoms with E-state index in [0.717, 1.165) is 16.5 Å². The van der Waals surface area contributed by atoms with E-state index in [2.05, 4.69) is 9.97 Å². The first kappa shape index (κ1) is 21.1. The van der Waals surface area contributed by atoms with Crippen LogP contribution in [-0.2, 0) is 0 Å². The van der Waals surface area contributed by atoms with Gasteiger partial charge in [-0.25, -0.2) is 4.98 Å². The predicted molar refractivity (Wildman–Crippen MR) is 111 cm³/mol. The van der Waals surface area contributed by atoms with Gasteiger partial charge in [0.25, 0.3) is 0 Å². The second-order valence-corrected chi connectivity index (χ2v) is 6.10. The molecule has 0 spiro atoms. The number of benzene rings is 1. The van der Waals surface area contributed by atoms with E-state index in [4.69, 9.17) is 37.4 Å². The molecule has 2 heterocycles. The van der Waals surface area contributed by atoms with E-state index in [9.17, 15) is 0 Å². The number of halogens is 2. The summed E-state index contributed by atoms with van der Waals surface area (Å²) >= 11 is 13.0. The number of fused-ring (bicyclic) bond motifs is 1. The van der Waals surface area contributed by atoms with Gasteiger partial charge in [0.05, 0.1) is 37.1 Å². The predicted octanol–water partition coefficient (Wildman–Crippen LogP) is 5.96. The lowest BCUT2D eigenvalue weighted by Gasteiger charge is -2.15. The first-order chi connectivity index (χ1) is 13.0. The van der Waals surface area contributed by atoms with Gasteiger partial charge in [-0.05, 0) is 19.1 Å². The molecule has 0 aliphatic carbocycles. The molecule has 5 nitrogen and oxygen atoms in total. The van der Waals surface area contributed by atoms with Crippen LogP contribution >= 0.6 is 23.2 Å². The quantitative estimate of drug-likeness (QED) is 0.532. The maximum atomic E-state index is 6.49. The zero-order chi connectivity index (χ0) is 20.1. The zero-order valence-electron chi connectivity index (χ0n) is 16.2. The van der Waals surface area contributed by atoms with Gasteiger partial charge < -0.3 is 14.2 Å². The van der Waals surface area contributed by atoms with E-state index in [1.807, 2.05) is 32.9 Å². The first-order valence-electron chi connectivity index (χ1n) is 8.41. The van der Waals surface area contributed by atoms with E-state index >= 15 is 0 Å². The number of methoxy groups -OCH3 is 3. The molecule has 3 aromatic rings. The van der Waals surface area contributed by atoms with Crippen molar-refractivity contribution in [2.45, 2.75) is 20.8 Å². The molecule has 0 N–H and O–H groups in total. The molecule has 0 atom stereocenters. The van der Waals surface area contributed by atoms with Crippen LogP contribution in [0, 0.1) is 6.92 Å². The van der Waals surface area contributed by atoms with Crippen molar-refractivity contribution >= 4 is 34.0 Å². The molecule has 0 saturated heterocycles. The van der Waals surface area contributed by atoms with Gasteiger partial charge in [0.2, 0.25) is 5.88 Å². The molecule has 0 fully saturated rings. The Hall–Kier alpha value is -2.24. The van der Waals surface area contributed by atoms with Crippen molar-refractivity contribution in [3.05, 3.63) is 40.1 Å². The second-order valence-electron chi connectivity index (χ2n) is 5.35. The van der Waals surface area contributed by atoms with Gasteiger partial charge in [0, 0.05) is 34.3 Å². The van der Waals surface area contributed by atoms with Gasteiger partial charge in [0.1, 0.15) is 11.5 Å². The Labute approximate surface area is 169 Å². The fourth-order valence-electron chi connectivity index (χ4n) is 2.61. The topological polar surface area (TPSA) is 53.5 Å². The van der Waals surface area contributed by atoms with Crippen LogP contribution in [0.4, 0.5) is 0 Å². The highest BCUT2D eigenvalue weighted by molar-refractivity contribution is 6.41. The Morgan fingerprint density at radius 1 is 0.852 bits per heavy atom. The van der Waals surface area contributed by atoms with Crippen molar-refractivity contribution in [1.29, 1.82) is 0 Å². The summed E-state index contributed by atoms with van der Waals surface area (Å²) in [4.78, 5) is 8.90. The molecule has 0 radical (unpaired) electrons. The molecule has 7 heteroatoms. The van der Waals surface area contributed by atoms with Crippen molar-refractivity contribution < 1.29 is 14.2 Å². The normalized spacial score (nSPS) is 10.2. The highest BCUT2D eigenvalue weighted by Crippen LogP contribution is 2.46. The number of ether oxygens (including phenoxy) is 3. The Morgan fingerprint density at radius 2 is 1.44 bits per heavy atom. The molecule has 144 valence electrons. The number of aromatic nitrogens is 2. The lowest BCUT2D eigenvalue weighted by atomic mass is 10.1. The van der Waals surface area contributed by atoms with Gasteiger partial charge in [-0.1, -0.05) is 37.0 Å². The first-order valence-corrected chi connectivity index (χ1v) is 9.17. The second kappa shape index (κ2) is 9.11. The average molecular weight is 409 g/mol. The van der Waals surface area contributed by atoms with Crippen LogP contribution in [0.25, 0.3) is 22.0 Å². The number of pyridine rings is 2. The van der Waals surface area contributed by atoms with Crippen LogP contribution < -0.4 is 14.2 Å². The Bertz CT molecular complexity index is 934. The van der Waals surface area contributed by atoms with Gasteiger partial charge in [-0.2, -0.15) is 0 Å². The number of nitrogens with zero attached hydrogens (tertiary/aromatic N) is 2. The Kier molecular flexibility index (Phi) is 7.11. The number of hydrogen-bond donors (Lipinski definition) is 0. The van der Waals surface area contributed by atoms with E-state index in [0.29, 0.717) is 38.7 Å². The smallest absolute Gasteiger partial charge is 0.221 e. The fourth-order valence-corrected chi connectivity index (χ4v) is 3.31. The number of aryl methyl sites for hydroxylation is 1. The SMILES string of the molecule is CC.COc1cc(OC)c(Cl)c(-c2cc3cnc(C)cc3c(OC)n2)c1Cl. The van der Waals surface area contributed by atoms with Crippen molar-refractivity contribution in [2.24, 2.45) is 0 Å². The Balaban J connectivity index is 0.00000126. The molecule has 27 heavy (non-hydrogen) atoms. The van der Waals surface area contributed by atoms with Crippen molar-refractivity contribution in [3.8, 4) is 28.6 Å². The molecule has 0 amide bonds. The van der Waals surface area contributed by atoms with Crippen molar-refractivity contribution in [2.75, 3.05) is 21.3 Å². The maximum Gasteiger partial charge on any atom is 0.221 e. The zero-order valence-corrected chi connectivity index (χ0v) is 17.7. The summed E-state index contributed by atoms with van der Waals surface area (Å²) in [5, 5.41) is 2.42. The third-order valence-electron chi connectivity index (χ3n) is 3.84. The summed E-state index contributed by atoms with van der Waals surface area (Å²) in [6.07, 6.45) is 1.76. The molecule has 0 bridgehead atoms. The summed E-state index contributed by atoms with van der Waals surface area (Å²) in [6, 6.07) is 5.41. The summed E-state index contributed by atoms with van der Waals surface area (Å²) < 4.78 is 16.1.